The van der Waals surface area contributed by atoms with E-state index in [-0.39, 0.29) is 23.3 Å². The first-order valence-electron chi connectivity index (χ1n) is 12.6. The third-order valence-corrected chi connectivity index (χ3v) is 9.78. The van der Waals surface area contributed by atoms with Gasteiger partial charge in [-0.2, -0.15) is 0 Å². The number of nitrogens with two attached hydrogens (primary N) is 1. The van der Waals surface area contributed by atoms with E-state index in [0.717, 1.165) is 36.6 Å². The van der Waals surface area contributed by atoms with Crippen LogP contribution in [-0.4, -0.2) is 22.4 Å². The Morgan fingerprint density at radius 1 is 1.18 bits per heavy atom. The number of primary amides is 1. The van der Waals surface area contributed by atoms with Gasteiger partial charge in [-0.15, -0.1) is 0 Å². The Kier molecular flexibility index (Phi) is 6.43. The van der Waals surface area contributed by atoms with Gasteiger partial charge in [0.15, 0.2) is 0 Å². The summed E-state index contributed by atoms with van der Waals surface area (Å²) in [5, 5.41) is 12.6. The second kappa shape index (κ2) is 9.19. The van der Waals surface area contributed by atoms with Crippen LogP contribution >= 0.6 is 15.9 Å². The number of halogens is 1. The average Bonchev–Trinajstić information content (AvgIpc) is 3.07. The Balaban J connectivity index is 1.36. The van der Waals surface area contributed by atoms with Gasteiger partial charge in [-0.1, -0.05) is 53.2 Å². The molecule has 0 spiro atoms. The summed E-state index contributed by atoms with van der Waals surface area (Å²) in [6.45, 7) is 2.34. The summed E-state index contributed by atoms with van der Waals surface area (Å²) in [5.74, 6) is 1.73. The van der Waals surface area contributed by atoms with Crippen LogP contribution in [0.2, 0.25) is 0 Å². The van der Waals surface area contributed by atoms with Crippen molar-refractivity contribution in [2.45, 2.75) is 70.3 Å². The number of amides is 1. The summed E-state index contributed by atoms with van der Waals surface area (Å²) in [6.07, 6.45) is 8.66. The van der Waals surface area contributed by atoms with Crippen LogP contribution in [0.4, 0.5) is 0 Å². The van der Waals surface area contributed by atoms with E-state index in [1.807, 2.05) is 12.1 Å². The fourth-order valence-electron chi connectivity index (χ4n) is 7.56. The van der Waals surface area contributed by atoms with Crippen molar-refractivity contribution in [3.63, 3.8) is 0 Å². The molecule has 2 aromatic carbocycles. The predicted octanol–water partition coefficient (Wildman–Crippen LogP) is 5.80. The van der Waals surface area contributed by atoms with Gasteiger partial charge in [0.25, 0.3) is 0 Å². The second-order valence-electron chi connectivity index (χ2n) is 11.0. The van der Waals surface area contributed by atoms with Gasteiger partial charge in [-0.3, -0.25) is 4.79 Å². The van der Waals surface area contributed by atoms with Crippen LogP contribution in [0.15, 0.2) is 42.5 Å². The molecular weight excluding hydrogens is 474 g/mol. The van der Waals surface area contributed by atoms with Crippen molar-refractivity contribution in [3.8, 4) is 0 Å². The summed E-state index contributed by atoms with van der Waals surface area (Å²) in [4.78, 5) is 11.6. The lowest BCUT2D eigenvalue weighted by molar-refractivity contribution is -0.0325. The van der Waals surface area contributed by atoms with Crippen LogP contribution < -0.4 is 5.73 Å². The van der Waals surface area contributed by atoms with Crippen LogP contribution in [0.3, 0.4) is 0 Å². The molecule has 176 valence electrons. The van der Waals surface area contributed by atoms with Crippen molar-refractivity contribution < 1.29 is 9.90 Å². The van der Waals surface area contributed by atoms with E-state index >= 15 is 0 Å². The molecule has 3 nitrogen and oxygen atoms in total. The maximum Gasteiger partial charge on any atom is 0.248 e. The summed E-state index contributed by atoms with van der Waals surface area (Å²) in [6, 6.07) is 14.9. The van der Waals surface area contributed by atoms with Gasteiger partial charge in [0.2, 0.25) is 5.91 Å². The van der Waals surface area contributed by atoms with Crippen LogP contribution in [-0.2, 0) is 19.3 Å². The van der Waals surface area contributed by atoms with Gasteiger partial charge in [-0.05, 0) is 115 Å². The predicted molar refractivity (Wildman–Crippen MR) is 137 cm³/mol. The van der Waals surface area contributed by atoms with Gasteiger partial charge in [-0.25, -0.2) is 0 Å². The van der Waals surface area contributed by atoms with Gasteiger partial charge >= 0.3 is 0 Å². The summed E-state index contributed by atoms with van der Waals surface area (Å²) in [7, 11) is 0. The number of aryl methyl sites for hydroxylation is 2. The van der Waals surface area contributed by atoms with Crippen LogP contribution in [0.1, 0.15) is 77.6 Å². The monoisotopic (exact) mass is 509 g/mol. The number of carbonyl (C=O) groups is 1. The molecular formula is C29H36BrNO2. The Morgan fingerprint density at radius 3 is 2.82 bits per heavy atom. The molecule has 3 aliphatic rings. The highest BCUT2D eigenvalue weighted by Gasteiger charge is 2.57. The van der Waals surface area contributed by atoms with Gasteiger partial charge in [0.05, 0.1) is 6.10 Å². The molecule has 2 fully saturated rings. The number of aliphatic hydroxyl groups excluding tert-OH is 1. The number of alkyl halides is 1. The molecule has 4 heteroatoms. The maximum atomic E-state index is 11.6. The van der Waals surface area contributed by atoms with Crippen molar-refractivity contribution in [3.05, 3.63) is 70.3 Å². The topological polar surface area (TPSA) is 63.3 Å². The molecule has 0 bridgehead atoms. The minimum absolute atomic E-state index is 0.000447. The van der Waals surface area contributed by atoms with Crippen molar-refractivity contribution >= 4 is 21.8 Å². The quantitative estimate of drug-likeness (QED) is 0.483. The molecule has 6 unspecified atom stereocenters. The largest absolute Gasteiger partial charge is 0.392 e. The number of hydrogen-bond acceptors (Lipinski definition) is 2. The Morgan fingerprint density at radius 2 is 2.03 bits per heavy atom. The molecule has 5 rings (SSSR count). The van der Waals surface area contributed by atoms with Crippen LogP contribution in [0.25, 0.3) is 0 Å². The normalized spacial score (nSPS) is 32.6. The molecule has 0 aliphatic heterocycles. The van der Waals surface area contributed by atoms with E-state index in [1.165, 1.54) is 31.2 Å². The van der Waals surface area contributed by atoms with Crippen molar-refractivity contribution in [2.24, 2.45) is 28.9 Å². The molecule has 33 heavy (non-hydrogen) atoms. The molecule has 0 radical (unpaired) electrons. The van der Waals surface area contributed by atoms with Gasteiger partial charge in [0.1, 0.15) is 0 Å². The zero-order valence-electron chi connectivity index (χ0n) is 19.6. The Bertz CT molecular complexity index is 1040. The van der Waals surface area contributed by atoms with E-state index in [1.54, 1.807) is 17.2 Å². The SMILES string of the molecule is CC12CCC3c4ccc(CCCBr)cc4CCC3C1CC(Cc1cccc(C(N)=O)c1)C2O. The number of rotatable bonds is 6. The fourth-order valence-corrected chi connectivity index (χ4v) is 7.84. The van der Waals surface area contributed by atoms with Crippen molar-refractivity contribution in [1.82, 2.24) is 0 Å². The first-order chi connectivity index (χ1) is 15.9. The number of fused-ring (bicyclic) bond motifs is 5. The fraction of sp³-hybridized carbons (Fsp3) is 0.552. The number of hydrogen-bond donors (Lipinski definition) is 2. The number of benzene rings is 2. The standard InChI is InChI=1S/C29H36BrNO2/c1-29-12-11-24-23-9-7-18(5-3-13-30)14-20(23)8-10-25(24)26(29)17-22(27(29)32)16-19-4-2-6-21(15-19)28(31)33/h2,4,6-7,9,14-15,22,24-27,32H,3,5,8,10-13,16-17H2,1H3,(H2,31,33). The maximum absolute atomic E-state index is 11.6. The highest BCUT2D eigenvalue weighted by atomic mass is 79.9. The van der Waals surface area contributed by atoms with Crippen LogP contribution in [0.5, 0.6) is 0 Å². The summed E-state index contributed by atoms with van der Waals surface area (Å²) >= 11 is 3.56. The highest BCUT2D eigenvalue weighted by Crippen LogP contribution is 2.62. The van der Waals surface area contributed by atoms with Gasteiger partial charge in [0, 0.05) is 10.9 Å². The molecule has 0 saturated heterocycles. The van der Waals surface area contributed by atoms with Gasteiger partial charge < -0.3 is 10.8 Å². The Labute approximate surface area is 206 Å². The number of aliphatic hydroxyl groups is 1. The molecule has 0 aromatic heterocycles. The molecule has 3 N–H and O–H groups in total. The molecule has 2 aromatic rings. The number of carbonyl (C=O) groups excluding carboxylic acids is 1. The molecule has 3 aliphatic carbocycles. The minimum Gasteiger partial charge on any atom is -0.392 e. The first kappa shape index (κ1) is 23.1. The summed E-state index contributed by atoms with van der Waals surface area (Å²) in [5.41, 5.74) is 11.8. The average molecular weight is 511 g/mol. The first-order valence-corrected chi connectivity index (χ1v) is 13.8. The Hall–Kier alpha value is -1.65. The second-order valence-corrected chi connectivity index (χ2v) is 11.8. The van der Waals surface area contributed by atoms with Crippen molar-refractivity contribution in [2.75, 3.05) is 5.33 Å². The minimum atomic E-state index is -0.386. The lowest BCUT2D eigenvalue weighted by Crippen LogP contribution is -2.44. The molecule has 2 saturated carbocycles. The summed E-state index contributed by atoms with van der Waals surface area (Å²) < 4.78 is 0. The van der Waals surface area contributed by atoms with E-state index in [4.69, 9.17) is 5.73 Å². The van der Waals surface area contributed by atoms with E-state index in [2.05, 4.69) is 47.1 Å². The van der Waals surface area contributed by atoms with Crippen LogP contribution in [0, 0.1) is 23.2 Å². The third kappa shape index (κ3) is 4.18. The lowest BCUT2D eigenvalue weighted by Gasteiger charge is -2.50. The van der Waals surface area contributed by atoms with E-state index < -0.39 is 0 Å². The molecule has 6 atom stereocenters. The zero-order valence-corrected chi connectivity index (χ0v) is 21.2. The lowest BCUT2D eigenvalue weighted by atomic mass is 9.55. The van der Waals surface area contributed by atoms with E-state index in [0.29, 0.717) is 23.3 Å². The van der Waals surface area contributed by atoms with Crippen molar-refractivity contribution in [1.29, 1.82) is 0 Å². The third-order valence-electron chi connectivity index (χ3n) is 9.22. The van der Waals surface area contributed by atoms with E-state index in [9.17, 15) is 9.90 Å². The molecule has 1 amide bonds. The molecule has 0 heterocycles. The highest BCUT2D eigenvalue weighted by molar-refractivity contribution is 9.09. The zero-order chi connectivity index (χ0) is 23.2. The smallest absolute Gasteiger partial charge is 0.248 e.